The second-order valence-corrected chi connectivity index (χ2v) is 6.21. The fraction of sp³-hybridized carbons (Fsp3) is 0.444. The number of benzene rings is 1. The summed E-state index contributed by atoms with van der Waals surface area (Å²) >= 11 is 1.43. The monoisotopic (exact) mass is 363 g/mol. The van der Waals surface area contributed by atoms with E-state index in [-0.39, 0.29) is 5.91 Å². The van der Waals surface area contributed by atoms with E-state index in [9.17, 15) is 4.79 Å². The van der Waals surface area contributed by atoms with Crippen LogP contribution in [0.15, 0.2) is 35.7 Å². The van der Waals surface area contributed by atoms with Crippen LogP contribution in [0.5, 0.6) is 11.5 Å². The molecule has 0 saturated carbocycles. The molecule has 0 aliphatic rings. The van der Waals surface area contributed by atoms with E-state index < -0.39 is 0 Å². The van der Waals surface area contributed by atoms with Gasteiger partial charge in [0.2, 0.25) is 5.91 Å². The number of anilines is 1. The molecule has 1 amide bonds. The Balaban J connectivity index is 1.95. The third-order valence-corrected chi connectivity index (χ3v) is 4.31. The first-order valence-corrected chi connectivity index (χ1v) is 9.49. The van der Waals surface area contributed by atoms with Gasteiger partial charge in [-0.3, -0.25) is 4.79 Å². The van der Waals surface area contributed by atoms with Gasteiger partial charge in [-0.15, -0.1) is 0 Å². The van der Waals surface area contributed by atoms with E-state index in [1.165, 1.54) is 11.8 Å². The van der Waals surface area contributed by atoms with Gasteiger partial charge in [-0.1, -0.05) is 18.7 Å². The number of rotatable bonds is 10. The van der Waals surface area contributed by atoms with E-state index in [2.05, 4.69) is 21.8 Å². The van der Waals surface area contributed by atoms with Gasteiger partial charge >= 0.3 is 0 Å². The molecule has 25 heavy (non-hydrogen) atoms. The van der Waals surface area contributed by atoms with Gasteiger partial charge in [0.1, 0.15) is 0 Å². The highest BCUT2D eigenvalue weighted by Gasteiger charge is 2.10. The summed E-state index contributed by atoms with van der Waals surface area (Å²) in [6.45, 7) is 7.95. The van der Waals surface area contributed by atoms with Gasteiger partial charge in [-0.25, -0.2) is 4.98 Å². The molecule has 0 atom stereocenters. The third-order valence-electron chi connectivity index (χ3n) is 3.30. The Morgan fingerprint density at radius 2 is 1.96 bits per heavy atom. The zero-order valence-corrected chi connectivity index (χ0v) is 15.8. The maximum atomic E-state index is 12.2. The molecule has 6 nitrogen and oxygen atoms in total. The maximum absolute atomic E-state index is 12.2. The average molecular weight is 363 g/mol. The first-order valence-electron chi connectivity index (χ1n) is 8.51. The molecule has 0 aliphatic carbocycles. The summed E-state index contributed by atoms with van der Waals surface area (Å²) < 4.78 is 13.2. The number of aromatic nitrogens is 2. The van der Waals surface area contributed by atoms with Crippen LogP contribution in [0.2, 0.25) is 0 Å². The summed E-state index contributed by atoms with van der Waals surface area (Å²) in [5.41, 5.74) is 0.689. The summed E-state index contributed by atoms with van der Waals surface area (Å²) in [5, 5.41) is 3.75. The van der Waals surface area contributed by atoms with E-state index in [1.54, 1.807) is 12.3 Å². The molecule has 1 aromatic carbocycles. The van der Waals surface area contributed by atoms with Crippen molar-refractivity contribution in [2.24, 2.45) is 0 Å². The number of hydrogen-bond acceptors (Lipinski definition) is 5. The molecule has 7 heteroatoms. The van der Waals surface area contributed by atoms with Crippen molar-refractivity contribution in [2.45, 2.75) is 38.9 Å². The predicted octanol–water partition coefficient (Wildman–Crippen LogP) is 3.82. The Hall–Kier alpha value is -2.15. The lowest BCUT2D eigenvalue weighted by Crippen LogP contribution is -2.14. The molecular formula is C18H25N3O3S. The van der Waals surface area contributed by atoms with Gasteiger partial charge in [0.05, 0.1) is 19.0 Å². The summed E-state index contributed by atoms with van der Waals surface area (Å²) in [6, 6.07) is 5.41. The number of carbonyl (C=O) groups excluding carboxylic acids is 1. The number of nitrogens with zero attached hydrogens (tertiary/aromatic N) is 2. The fourth-order valence-electron chi connectivity index (χ4n) is 2.30. The van der Waals surface area contributed by atoms with Crippen LogP contribution in [0.4, 0.5) is 5.69 Å². The second kappa shape index (κ2) is 9.98. The molecule has 2 rings (SSSR count). The molecular weight excluding hydrogens is 338 g/mol. The lowest BCUT2D eigenvalue weighted by atomic mass is 10.2. The van der Waals surface area contributed by atoms with Gasteiger partial charge in [-0.2, -0.15) is 0 Å². The topological polar surface area (TPSA) is 65.4 Å². The van der Waals surface area contributed by atoms with Gasteiger partial charge in [-0.05, 0) is 32.4 Å². The fourth-order valence-corrected chi connectivity index (χ4v) is 3.09. The molecule has 0 bridgehead atoms. The largest absolute Gasteiger partial charge is 0.490 e. The van der Waals surface area contributed by atoms with Gasteiger partial charge in [0.25, 0.3) is 0 Å². The van der Waals surface area contributed by atoms with Crippen LogP contribution in [0, 0.1) is 0 Å². The average Bonchev–Trinajstić information content (AvgIpc) is 3.03. The number of amides is 1. The predicted molar refractivity (Wildman–Crippen MR) is 101 cm³/mol. The standard InChI is InChI=1S/C18H25N3O3S/c1-4-10-21-11-9-19-18(21)25-13-17(22)20-14-7-8-15(23-5-2)16(12-14)24-6-3/h7-9,11-12H,4-6,10,13H2,1-3H3,(H,20,22). The Bertz CT molecular complexity index is 688. The highest BCUT2D eigenvalue weighted by molar-refractivity contribution is 7.99. The van der Waals surface area contributed by atoms with Gasteiger partial charge in [0.15, 0.2) is 16.7 Å². The molecule has 1 N–H and O–H groups in total. The molecule has 0 aliphatic heterocycles. The molecule has 1 heterocycles. The number of carbonyl (C=O) groups is 1. The first kappa shape index (κ1) is 19.2. The maximum Gasteiger partial charge on any atom is 0.234 e. The first-order chi connectivity index (χ1) is 12.2. The summed E-state index contributed by atoms with van der Waals surface area (Å²) in [4.78, 5) is 16.5. The van der Waals surface area contributed by atoms with Crippen LogP contribution in [0.25, 0.3) is 0 Å². The number of hydrogen-bond donors (Lipinski definition) is 1. The third kappa shape index (κ3) is 5.70. The summed E-state index contributed by atoms with van der Waals surface area (Å²) in [7, 11) is 0. The number of nitrogens with one attached hydrogen (secondary N) is 1. The van der Waals surface area contributed by atoms with Crippen LogP contribution < -0.4 is 14.8 Å². The summed E-state index contributed by atoms with van der Waals surface area (Å²) in [6.07, 6.45) is 4.73. The van der Waals surface area contributed by atoms with Crippen molar-refractivity contribution >= 4 is 23.4 Å². The highest BCUT2D eigenvalue weighted by Crippen LogP contribution is 2.30. The minimum absolute atomic E-state index is 0.0809. The molecule has 136 valence electrons. The number of thioether (sulfide) groups is 1. The van der Waals surface area contributed by atoms with E-state index in [0.717, 1.165) is 18.1 Å². The SMILES string of the molecule is CCCn1ccnc1SCC(=O)Nc1ccc(OCC)c(OCC)c1. The van der Waals surface area contributed by atoms with E-state index in [0.29, 0.717) is 36.2 Å². The summed E-state index contributed by atoms with van der Waals surface area (Å²) in [5.74, 6) is 1.53. The highest BCUT2D eigenvalue weighted by atomic mass is 32.2. The molecule has 0 fully saturated rings. The molecule has 0 saturated heterocycles. The normalized spacial score (nSPS) is 10.5. The van der Waals surface area contributed by atoms with Crippen molar-refractivity contribution in [2.75, 3.05) is 24.3 Å². The van der Waals surface area contributed by atoms with Crippen molar-refractivity contribution in [1.29, 1.82) is 0 Å². The Labute approximate surface area is 152 Å². The van der Waals surface area contributed by atoms with Crippen molar-refractivity contribution < 1.29 is 14.3 Å². The Kier molecular flexibility index (Phi) is 7.66. The van der Waals surface area contributed by atoms with Gasteiger partial charge < -0.3 is 19.4 Å². The van der Waals surface area contributed by atoms with Crippen molar-refractivity contribution in [3.63, 3.8) is 0 Å². The zero-order chi connectivity index (χ0) is 18.1. The molecule has 0 radical (unpaired) electrons. The quantitative estimate of drug-likeness (QED) is 0.650. The molecule has 0 unspecified atom stereocenters. The molecule has 2 aromatic rings. The lowest BCUT2D eigenvalue weighted by molar-refractivity contribution is -0.113. The van der Waals surface area contributed by atoms with E-state index in [4.69, 9.17) is 9.47 Å². The number of ether oxygens (including phenoxy) is 2. The van der Waals surface area contributed by atoms with Crippen LogP contribution in [0.1, 0.15) is 27.2 Å². The van der Waals surface area contributed by atoms with Crippen molar-refractivity contribution in [3.05, 3.63) is 30.6 Å². The molecule has 0 spiro atoms. The van der Waals surface area contributed by atoms with Crippen molar-refractivity contribution in [3.8, 4) is 11.5 Å². The molecule has 1 aromatic heterocycles. The number of aryl methyl sites for hydroxylation is 1. The van der Waals surface area contributed by atoms with E-state index in [1.807, 2.05) is 32.2 Å². The van der Waals surface area contributed by atoms with Gasteiger partial charge in [0, 0.05) is 30.7 Å². The lowest BCUT2D eigenvalue weighted by Gasteiger charge is -2.13. The Morgan fingerprint density at radius 1 is 1.20 bits per heavy atom. The van der Waals surface area contributed by atoms with E-state index >= 15 is 0 Å². The van der Waals surface area contributed by atoms with Crippen LogP contribution in [-0.4, -0.2) is 34.4 Å². The van der Waals surface area contributed by atoms with Crippen LogP contribution in [-0.2, 0) is 11.3 Å². The minimum Gasteiger partial charge on any atom is -0.490 e. The number of imidazole rings is 1. The smallest absolute Gasteiger partial charge is 0.234 e. The zero-order valence-electron chi connectivity index (χ0n) is 14.9. The minimum atomic E-state index is -0.0809. The Morgan fingerprint density at radius 3 is 2.68 bits per heavy atom. The van der Waals surface area contributed by atoms with Crippen LogP contribution in [0.3, 0.4) is 0 Å². The van der Waals surface area contributed by atoms with Crippen molar-refractivity contribution in [1.82, 2.24) is 9.55 Å². The van der Waals surface area contributed by atoms with Crippen LogP contribution >= 0.6 is 11.8 Å². The second-order valence-electron chi connectivity index (χ2n) is 5.27.